The first-order chi connectivity index (χ1) is 14.3. The molecule has 0 bridgehead atoms. The predicted octanol–water partition coefficient (Wildman–Crippen LogP) is 3.50. The van der Waals surface area contributed by atoms with Crippen LogP contribution in [-0.4, -0.2) is 70.7 Å². The van der Waals surface area contributed by atoms with E-state index < -0.39 is 10.8 Å². The van der Waals surface area contributed by atoms with Crippen molar-refractivity contribution in [3.8, 4) is 0 Å². The number of benzene rings is 1. The van der Waals surface area contributed by atoms with Gasteiger partial charge in [0.05, 0.1) is 12.3 Å². The average molecular weight is 435 g/mol. The second kappa shape index (κ2) is 10.6. The summed E-state index contributed by atoms with van der Waals surface area (Å²) in [5.41, 5.74) is 1.57. The van der Waals surface area contributed by atoms with Gasteiger partial charge in [0, 0.05) is 60.8 Å². The summed E-state index contributed by atoms with van der Waals surface area (Å²) in [5.74, 6) is 2.55. The van der Waals surface area contributed by atoms with Crippen molar-refractivity contribution >= 4 is 22.5 Å². The van der Waals surface area contributed by atoms with Gasteiger partial charge >= 0.3 is 0 Å². The van der Waals surface area contributed by atoms with Crippen molar-refractivity contribution < 1.29 is 8.60 Å². The minimum atomic E-state index is -1.02. The molecule has 2 heterocycles. The molecule has 3 rings (SSSR count). The Morgan fingerprint density at radius 2 is 1.90 bits per heavy atom. The maximum absolute atomic E-state index is 14.2. The van der Waals surface area contributed by atoms with Gasteiger partial charge in [-0.1, -0.05) is 26.0 Å². The van der Waals surface area contributed by atoms with E-state index in [1.165, 1.54) is 0 Å². The third-order valence-corrected chi connectivity index (χ3v) is 6.73. The zero-order valence-corrected chi connectivity index (χ0v) is 19.6. The summed E-state index contributed by atoms with van der Waals surface area (Å²) >= 11 is 0. The van der Waals surface area contributed by atoms with Gasteiger partial charge in [-0.2, -0.15) is 0 Å². The zero-order valence-electron chi connectivity index (χ0n) is 18.7. The fraction of sp³-hybridized carbons (Fsp3) is 0.652. The summed E-state index contributed by atoms with van der Waals surface area (Å²) in [6, 6.07) is 5.90. The van der Waals surface area contributed by atoms with Crippen LogP contribution in [0.1, 0.15) is 44.7 Å². The van der Waals surface area contributed by atoms with Crippen LogP contribution in [0.5, 0.6) is 0 Å². The van der Waals surface area contributed by atoms with Crippen LogP contribution in [0.25, 0.3) is 0 Å². The highest BCUT2D eigenvalue weighted by atomic mass is 32.2. The van der Waals surface area contributed by atoms with E-state index in [0.717, 1.165) is 69.2 Å². The highest BCUT2D eigenvalue weighted by Crippen LogP contribution is 2.17. The minimum Gasteiger partial charge on any atom is -0.356 e. The lowest BCUT2D eigenvalue weighted by Gasteiger charge is -2.39. The monoisotopic (exact) mass is 434 g/mol. The summed E-state index contributed by atoms with van der Waals surface area (Å²) in [5, 5.41) is 0. The third kappa shape index (κ3) is 6.20. The van der Waals surface area contributed by atoms with E-state index in [0.29, 0.717) is 17.5 Å². The molecule has 0 amide bonds. The zero-order chi connectivity index (χ0) is 21.7. The summed E-state index contributed by atoms with van der Waals surface area (Å²) in [6.07, 6.45) is 4.62. The van der Waals surface area contributed by atoms with Gasteiger partial charge in [0.15, 0.2) is 0 Å². The van der Waals surface area contributed by atoms with Crippen LogP contribution >= 0.6 is 0 Å². The quantitative estimate of drug-likeness (QED) is 0.629. The van der Waals surface area contributed by atoms with Gasteiger partial charge in [0.2, 0.25) is 0 Å². The molecule has 166 valence electrons. The van der Waals surface area contributed by atoms with E-state index in [1.54, 1.807) is 18.4 Å². The van der Waals surface area contributed by atoms with Crippen LogP contribution in [0.15, 0.2) is 28.2 Å². The van der Waals surface area contributed by atoms with Crippen LogP contribution in [-0.2, 0) is 23.0 Å². The molecule has 30 heavy (non-hydrogen) atoms. The number of piperazine rings is 1. The van der Waals surface area contributed by atoms with Crippen LogP contribution in [0.4, 0.5) is 4.39 Å². The highest BCUT2D eigenvalue weighted by Gasteiger charge is 2.25. The first-order valence-corrected chi connectivity index (χ1v) is 12.7. The number of nitrogens with zero attached hydrogens (tertiary/aromatic N) is 4. The topological polar surface area (TPSA) is 48.3 Å². The molecule has 7 heteroatoms. The molecule has 1 aromatic rings. The van der Waals surface area contributed by atoms with Gasteiger partial charge in [-0.05, 0) is 37.8 Å². The van der Waals surface area contributed by atoms with Gasteiger partial charge in [0.25, 0.3) is 0 Å². The maximum atomic E-state index is 14.2. The smallest absolute Gasteiger partial charge is 0.128 e. The average Bonchev–Trinajstić information content (AvgIpc) is 3.20. The molecule has 1 saturated heterocycles. The molecule has 0 saturated carbocycles. The van der Waals surface area contributed by atoms with Crippen molar-refractivity contribution in [2.24, 2.45) is 15.9 Å². The highest BCUT2D eigenvalue weighted by molar-refractivity contribution is 7.83. The predicted molar refractivity (Wildman–Crippen MR) is 124 cm³/mol. The van der Waals surface area contributed by atoms with E-state index in [9.17, 15) is 8.60 Å². The number of hydrogen-bond acceptors (Lipinski definition) is 5. The second-order valence-corrected chi connectivity index (χ2v) is 10.2. The second-order valence-electron chi connectivity index (χ2n) is 8.76. The van der Waals surface area contributed by atoms with Gasteiger partial charge in [0.1, 0.15) is 17.5 Å². The van der Waals surface area contributed by atoms with Crippen molar-refractivity contribution in [1.29, 1.82) is 0 Å². The van der Waals surface area contributed by atoms with Crippen molar-refractivity contribution in [3.05, 3.63) is 35.1 Å². The maximum Gasteiger partial charge on any atom is 0.128 e. The lowest BCUT2D eigenvalue weighted by molar-refractivity contribution is 0.133. The Hall–Kier alpha value is -1.60. The number of rotatable bonds is 8. The number of aliphatic imine (C=N–C) groups is 2. The van der Waals surface area contributed by atoms with Crippen LogP contribution in [0, 0.1) is 11.7 Å². The van der Waals surface area contributed by atoms with Crippen LogP contribution < -0.4 is 0 Å². The molecule has 2 atom stereocenters. The Balaban J connectivity index is 1.40. The molecule has 0 aromatic heterocycles. The lowest BCUT2D eigenvalue weighted by Crippen LogP contribution is -2.51. The Morgan fingerprint density at radius 3 is 2.50 bits per heavy atom. The minimum absolute atomic E-state index is 0.230. The Labute approximate surface area is 182 Å². The van der Waals surface area contributed by atoms with Crippen LogP contribution in [0.2, 0.25) is 0 Å². The normalized spacial score (nSPS) is 19.7. The summed E-state index contributed by atoms with van der Waals surface area (Å²) in [7, 11) is -1.02. The van der Waals surface area contributed by atoms with Crippen molar-refractivity contribution in [1.82, 2.24) is 9.80 Å². The Morgan fingerprint density at radius 1 is 1.17 bits per heavy atom. The number of amidine groups is 2. The van der Waals surface area contributed by atoms with Gasteiger partial charge in [-0.3, -0.25) is 14.1 Å². The number of aryl methyl sites for hydroxylation is 1. The largest absolute Gasteiger partial charge is 0.356 e. The fourth-order valence-corrected chi connectivity index (χ4v) is 4.80. The standard InChI is InChI=1S/C23H35FN4OS/c1-17(2)23-25-15-22(26-23)28-12-10-27(11-13-28)18(3)6-5-7-19-8-9-20(16-30(4)29)21(24)14-19/h8-9,14,17-18H,5-7,10-13,15-16H2,1-4H3. The van der Waals surface area contributed by atoms with Gasteiger partial charge in [-0.15, -0.1) is 0 Å². The lowest BCUT2D eigenvalue weighted by atomic mass is 10.0. The van der Waals surface area contributed by atoms with E-state index >= 15 is 0 Å². The van der Waals surface area contributed by atoms with Crippen molar-refractivity contribution in [2.75, 3.05) is 39.0 Å². The van der Waals surface area contributed by atoms with E-state index in [4.69, 9.17) is 4.99 Å². The molecule has 1 fully saturated rings. The van der Waals surface area contributed by atoms with E-state index in [-0.39, 0.29) is 11.6 Å². The first kappa shape index (κ1) is 23.1. The molecular formula is C23H35FN4OS. The third-order valence-electron chi connectivity index (χ3n) is 6.01. The molecule has 2 aliphatic rings. The van der Waals surface area contributed by atoms with Crippen molar-refractivity contribution in [3.63, 3.8) is 0 Å². The summed E-state index contributed by atoms with van der Waals surface area (Å²) < 4.78 is 25.5. The molecule has 0 spiro atoms. The molecule has 2 unspecified atom stereocenters. The molecule has 0 radical (unpaired) electrons. The Kier molecular flexibility index (Phi) is 8.17. The number of halogens is 1. The Bertz CT molecular complexity index is 815. The molecule has 0 aliphatic carbocycles. The van der Waals surface area contributed by atoms with E-state index in [2.05, 4.69) is 35.6 Å². The van der Waals surface area contributed by atoms with Gasteiger partial charge < -0.3 is 4.90 Å². The fourth-order valence-electron chi connectivity index (χ4n) is 4.12. The van der Waals surface area contributed by atoms with E-state index in [1.807, 2.05) is 6.07 Å². The molecule has 0 N–H and O–H groups in total. The molecule has 2 aliphatic heterocycles. The SMILES string of the molecule is CC(C)C1=NCC(N2CCN(C(C)CCCc3ccc(CS(C)=O)c(F)c3)CC2)=N1. The molecule has 1 aromatic carbocycles. The molecule has 5 nitrogen and oxygen atoms in total. The molecular weight excluding hydrogens is 399 g/mol. The van der Waals surface area contributed by atoms with Gasteiger partial charge in [-0.25, -0.2) is 9.38 Å². The summed E-state index contributed by atoms with van der Waals surface area (Å²) in [6.45, 7) is 11.4. The number of hydrogen-bond donors (Lipinski definition) is 0. The first-order valence-electron chi connectivity index (χ1n) is 11.0. The van der Waals surface area contributed by atoms with Crippen molar-refractivity contribution in [2.45, 2.75) is 51.8 Å². The van der Waals surface area contributed by atoms with Crippen LogP contribution in [0.3, 0.4) is 0 Å². The summed E-state index contributed by atoms with van der Waals surface area (Å²) in [4.78, 5) is 14.2.